The quantitative estimate of drug-likeness (QED) is 0.902. The molecule has 4 nitrogen and oxygen atoms in total. The van der Waals surface area contributed by atoms with Crippen LogP contribution in [0.3, 0.4) is 0 Å². The molecule has 0 fully saturated rings. The molecule has 1 atom stereocenters. The van der Waals surface area contributed by atoms with Gasteiger partial charge in [-0.15, -0.1) is 0 Å². The van der Waals surface area contributed by atoms with E-state index in [-0.39, 0.29) is 5.91 Å². The molecule has 0 saturated heterocycles. The van der Waals surface area contributed by atoms with Crippen LogP contribution in [0.1, 0.15) is 23.6 Å². The van der Waals surface area contributed by atoms with Crippen molar-refractivity contribution in [3.8, 4) is 6.07 Å². The summed E-state index contributed by atoms with van der Waals surface area (Å²) in [5, 5.41) is 11.9. The summed E-state index contributed by atoms with van der Waals surface area (Å²) in [5.74, 6) is -0.128. The molecule has 20 heavy (non-hydrogen) atoms. The molecule has 2 rings (SSSR count). The third kappa shape index (κ3) is 3.92. The van der Waals surface area contributed by atoms with Crippen LogP contribution in [-0.4, -0.2) is 10.9 Å². The Kier molecular flexibility index (Phi) is 4.85. The normalized spacial score (nSPS) is 11.3. The average Bonchev–Trinajstić information content (AvgIpc) is 2.52. The van der Waals surface area contributed by atoms with E-state index in [2.05, 4.69) is 16.4 Å². The van der Waals surface area contributed by atoms with Gasteiger partial charge in [0, 0.05) is 18.8 Å². The Morgan fingerprint density at radius 2 is 1.90 bits per heavy atom. The molecule has 100 valence electrons. The minimum absolute atomic E-state index is 0.128. The number of hydrogen-bond donors (Lipinski definition) is 1. The smallest absolute Gasteiger partial charge is 0.221 e. The Morgan fingerprint density at radius 1 is 1.20 bits per heavy atom. The second kappa shape index (κ2) is 7.05. The molecule has 4 heteroatoms. The Labute approximate surface area is 118 Å². The summed E-state index contributed by atoms with van der Waals surface area (Å²) in [6.45, 7) is 0. The highest BCUT2D eigenvalue weighted by Gasteiger charge is 2.13. The monoisotopic (exact) mass is 265 g/mol. The predicted molar refractivity (Wildman–Crippen MR) is 75.5 cm³/mol. The lowest BCUT2D eigenvalue weighted by molar-refractivity contribution is -0.121. The molecule has 2 aromatic rings. The number of nitrogens with zero attached hydrogens (tertiary/aromatic N) is 2. The van der Waals surface area contributed by atoms with Gasteiger partial charge in [0.15, 0.2) is 0 Å². The number of carbonyl (C=O) groups excluding carboxylic acids is 1. The Morgan fingerprint density at radius 3 is 2.55 bits per heavy atom. The van der Waals surface area contributed by atoms with Gasteiger partial charge in [-0.25, -0.2) is 0 Å². The van der Waals surface area contributed by atoms with Gasteiger partial charge in [0.05, 0.1) is 6.07 Å². The van der Waals surface area contributed by atoms with Crippen LogP contribution in [0.15, 0.2) is 54.9 Å². The van der Waals surface area contributed by atoms with E-state index < -0.39 is 6.04 Å². The zero-order chi connectivity index (χ0) is 14.2. The van der Waals surface area contributed by atoms with Crippen molar-refractivity contribution in [1.29, 1.82) is 5.26 Å². The molecule has 0 saturated carbocycles. The minimum atomic E-state index is -0.624. The number of nitrogens with one attached hydrogen (secondary N) is 1. The predicted octanol–water partition coefficient (Wildman–Crippen LogP) is 2.40. The number of amides is 1. The molecule has 1 amide bonds. The maximum absolute atomic E-state index is 11.9. The zero-order valence-electron chi connectivity index (χ0n) is 11.0. The van der Waals surface area contributed by atoms with E-state index in [1.54, 1.807) is 24.5 Å². The first-order valence-corrected chi connectivity index (χ1v) is 6.42. The summed E-state index contributed by atoms with van der Waals surface area (Å²) in [5.41, 5.74) is 1.86. The Bertz CT molecular complexity index is 590. The molecule has 0 spiro atoms. The molecular formula is C16H15N3O. The van der Waals surface area contributed by atoms with Crippen molar-refractivity contribution in [1.82, 2.24) is 10.3 Å². The molecule has 0 aliphatic carbocycles. The fraction of sp³-hybridized carbons (Fsp3) is 0.188. The fourth-order valence-corrected chi connectivity index (χ4v) is 1.88. The summed E-state index contributed by atoms with van der Waals surface area (Å²) >= 11 is 0. The van der Waals surface area contributed by atoms with Crippen LogP contribution in [0.5, 0.6) is 0 Å². The SMILES string of the molecule is N#CC(NC(=O)CCc1ccccc1)c1ccncc1. The lowest BCUT2D eigenvalue weighted by Gasteiger charge is -2.11. The largest absolute Gasteiger partial charge is 0.337 e. The number of aryl methyl sites for hydroxylation is 1. The summed E-state index contributed by atoms with van der Waals surface area (Å²) in [7, 11) is 0. The van der Waals surface area contributed by atoms with Gasteiger partial charge in [-0.05, 0) is 29.7 Å². The topological polar surface area (TPSA) is 65.8 Å². The number of rotatable bonds is 5. The van der Waals surface area contributed by atoms with E-state index in [4.69, 9.17) is 5.26 Å². The van der Waals surface area contributed by atoms with Crippen LogP contribution in [0, 0.1) is 11.3 Å². The van der Waals surface area contributed by atoms with Crippen LogP contribution in [0.25, 0.3) is 0 Å². The van der Waals surface area contributed by atoms with Crippen LogP contribution in [-0.2, 0) is 11.2 Å². The third-order valence-electron chi connectivity index (χ3n) is 2.96. The van der Waals surface area contributed by atoms with Gasteiger partial charge < -0.3 is 5.32 Å². The lowest BCUT2D eigenvalue weighted by Crippen LogP contribution is -2.27. The first-order valence-electron chi connectivity index (χ1n) is 6.42. The fourth-order valence-electron chi connectivity index (χ4n) is 1.88. The summed E-state index contributed by atoms with van der Waals surface area (Å²) < 4.78 is 0. The molecule has 1 heterocycles. The van der Waals surface area contributed by atoms with Crippen molar-refractivity contribution in [3.63, 3.8) is 0 Å². The first kappa shape index (κ1) is 13.8. The highest BCUT2D eigenvalue weighted by atomic mass is 16.1. The van der Waals surface area contributed by atoms with E-state index >= 15 is 0 Å². The van der Waals surface area contributed by atoms with Crippen molar-refractivity contribution in [2.24, 2.45) is 0 Å². The molecule has 0 aliphatic rings. The van der Waals surface area contributed by atoms with Gasteiger partial charge in [0.2, 0.25) is 5.91 Å². The van der Waals surface area contributed by atoms with E-state index in [0.29, 0.717) is 12.8 Å². The molecule has 1 aromatic carbocycles. The van der Waals surface area contributed by atoms with Gasteiger partial charge in [-0.3, -0.25) is 9.78 Å². The average molecular weight is 265 g/mol. The molecule has 1 N–H and O–H groups in total. The van der Waals surface area contributed by atoms with Crippen molar-refractivity contribution in [3.05, 3.63) is 66.0 Å². The maximum Gasteiger partial charge on any atom is 0.221 e. The summed E-state index contributed by atoms with van der Waals surface area (Å²) in [6.07, 6.45) is 4.25. The van der Waals surface area contributed by atoms with Gasteiger partial charge in [0.1, 0.15) is 6.04 Å². The van der Waals surface area contributed by atoms with Gasteiger partial charge in [-0.1, -0.05) is 30.3 Å². The minimum Gasteiger partial charge on any atom is -0.337 e. The van der Waals surface area contributed by atoms with Gasteiger partial charge >= 0.3 is 0 Å². The standard InChI is InChI=1S/C16H15N3O/c17-12-15(14-8-10-18-11-9-14)19-16(20)7-6-13-4-2-1-3-5-13/h1-5,8-11,15H,6-7H2,(H,19,20). The first-order chi connectivity index (χ1) is 9.79. The lowest BCUT2D eigenvalue weighted by atomic mass is 10.1. The van der Waals surface area contributed by atoms with Crippen LogP contribution >= 0.6 is 0 Å². The number of aromatic nitrogens is 1. The number of benzene rings is 1. The van der Waals surface area contributed by atoms with Crippen LogP contribution in [0.4, 0.5) is 0 Å². The summed E-state index contributed by atoms with van der Waals surface area (Å²) in [4.78, 5) is 15.8. The highest BCUT2D eigenvalue weighted by Crippen LogP contribution is 2.11. The van der Waals surface area contributed by atoms with Crippen molar-refractivity contribution in [2.75, 3.05) is 0 Å². The maximum atomic E-state index is 11.9. The van der Waals surface area contributed by atoms with Crippen molar-refractivity contribution < 1.29 is 4.79 Å². The molecule has 0 aliphatic heterocycles. The van der Waals surface area contributed by atoms with E-state index in [1.165, 1.54) is 0 Å². The molecule has 0 radical (unpaired) electrons. The van der Waals surface area contributed by atoms with E-state index in [9.17, 15) is 4.79 Å². The van der Waals surface area contributed by atoms with E-state index in [0.717, 1.165) is 11.1 Å². The zero-order valence-corrected chi connectivity index (χ0v) is 11.0. The van der Waals surface area contributed by atoms with Gasteiger partial charge in [-0.2, -0.15) is 5.26 Å². The molecule has 0 bridgehead atoms. The highest BCUT2D eigenvalue weighted by molar-refractivity contribution is 5.77. The van der Waals surface area contributed by atoms with Gasteiger partial charge in [0.25, 0.3) is 0 Å². The number of carbonyl (C=O) groups is 1. The Hall–Kier alpha value is -2.67. The Balaban J connectivity index is 1.89. The van der Waals surface area contributed by atoms with Crippen LogP contribution < -0.4 is 5.32 Å². The second-order valence-corrected chi connectivity index (χ2v) is 4.40. The summed E-state index contributed by atoms with van der Waals surface area (Å²) in [6, 6.07) is 14.7. The second-order valence-electron chi connectivity index (χ2n) is 4.40. The molecule has 1 unspecified atom stereocenters. The molecule has 1 aromatic heterocycles. The van der Waals surface area contributed by atoms with Crippen molar-refractivity contribution in [2.45, 2.75) is 18.9 Å². The van der Waals surface area contributed by atoms with Crippen molar-refractivity contribution >= 4 is 5.91 Å². The van der Waals surface area contributed by atoms with E-state index in [1.807, 2.05) is 30.3 Å². The number of hydrogen-bond acceptors (Lipinski definition) is 3. The van der Waals surface area contributed by atoms with Crippen LogP contribution in [0.2, 0.25) is 0 Å². The molecular weight excluding hydrogens is 250 g/mol. The number of nitriles is 1. The third-order valence-corrected chi connectivity index (χ3v) is 2.96. The number of pyridine rings is 1.